The third kappa shape index (κ3) is 5.04. The number of rotatable bonds is 10. The molecule has 1 aromatic carbocycles. The minimum Gasteiger partial charge on any atom is -0.486 e. The summed E-state index contributed by atoms with van der Waals surface area (Å²) >= 11 is 12.4. The third-order valence-corrected chi connectivity index (χ3v) is 9.07. The Labute approximate surface area is 235 Å². The number of hydrogen-bond acceptors (Lipinski definition) is 7. The zero-order valence-electron chi connectivity index (χ0n) is 22.0. The maximum atomic E-state index is 13.6. The van der Waals surface area contributed by atoms with Gasteiger partial charge >= 0.3 is 0 Å². The number of piperidine rings is 1. The van der Waals surface area contributed by atoms with Crippen molar-refractivity contribution in [2.24, 2.45) is 24.8 Å². The molecule has 3 fully saturated rings. The zero-order valence-corrected chi connectivity index (χ0v) is 23.5. The van der Waals surface area contributed by atoms with Gasteiger partial charge in [-0.15, -0.1) is 23.2 Å². The van der Waals surface area contributed by atoms with Crippen LogP contribution in [0.25, 0.3) is 10.9 Å². The molecule has 0 bridgehead atoms. The highest BCUT2D eigenvalue weighted by atomic mass is 35.5. The Morgan fingerprint density at radius 2 is 1.97 bits per heavy atom. The first kappa shape index (κ1) is 26.3. The second kappa shape index (κ2) is 9.59. The van der Waals surface area contributed by atoms with Crippen molar-refractivity contribution in [1.29, 1.82) is 0 Å². The first-order chi connectivity index (χ1) is 18.5. The molecule has 2 saturated carbocycles. The minimum absolute atomic E-state index is 0.0561. The lowest BCUT2D eigenvalue weighted by Gasteiger charge is -2.27. The number of carbonyl (C=O) groups is 3. The predicted molar refractivity (Wildman–Crippen MR) is 144 cm³/mol. The summed E-state index contributed by atoms with van der Waals surface area (Å²) in [6.07, 6.45) is 4.27. The molecule has 39 heavy (non-hydrogen) atoms. The quantitative estimate of drug-likeness (QED) is 0.269. The van der Waals surface area contributed by atoms with Crippen molar-refractivity contribution in [2.45, 2.75) is 69.1 Å². The summed E-state index contributed by atoms with van der Waals surface area (Å²) in [5.41, 5.74) is 0.913. The molecule has 3 aromatic rings. The molecule has 6 rings (SSSR count). The molecule has 206 valence electrons. The lowest BCUT2D eigenvalue weighted by Crippen LogP contribution is -2.45. The van der Waals surface area contributed by atoms with Crippen LogP contribution in [-0.4, -0.2) is 63.3 Å². The second-order valence-electron chi connectivity index (χ2n) is 11.2. The van der Waals surface area contributed by atoms with Crippen LogP contribution in [0.5, 0.6) is 5.75 Å². The topological polar surface area (TPSA) is 112 Å². The van der Waals surface area contributed by atoms with Gasteiger partial charge in [-0.05, 0) is 55.2 Å². The molecule has 0 radical (unpaired) electrons. The smallest absolute Gasteiger partial charge is 0.245 e. The number of likely N-dealkylation sites (tertiary alicyclic amines) is 1. The predicted octanol–water partition coefficient (Wildman–Crippen LogP) is 3.72. The molecule has 1 aliphatic heterocycles. The van der Waals surface area contributed by atoms with Crippen LogP contribution < -0.4 is 4.74 Å². The van der Waals surface area contributed by atoms with E-state index in [9.17, 15) is 14.4 Å². The Morgan fingerprint density at radius 1 is 1.21 bits per heavy atom. The number of amides is 1. The Morgan fingerprint density at radius 3 is 2.64 bits per heavy atom. The number of fused-ring (bicyclic) bond motifs is 2. The summed E-state index contributed by atoms with van der Waals surface area (Å²) in [7, 11) is 1.78. The highest BCUT2D eigenvalue weighted by Gasteiger charge is 2.57. The number of nitrogens with zero attached hydrogens (tertiary/aromatic N) is 6. The standard InChI is InChI=1S/C27H30Cl2N6O4/c1-14(19-10-27(19,28)29)6-23(37)22-8-16-7-21(16)35(22)25(38)11-34-20-5-4-17(9-18(20)26(32-34)15(2)36)39-12-24-30-13-33(3)31-24/h4-5,9,13-14,16,19,21-22H,6-8,10-12H2,1-3H3/t14-,16+,19+,21+,22-/m0/s1. The normalized spacial score (nSPS) is 25.4. The summed E-state index contributed by atoms with van der Waals surface area (Å²) in [5, 5.41) is 9.29. The van der Waals surface area contributed by atoms with Crippen molar-refractivity contribution in [1.82, 2.24) is 29.4 Å². The van der Waals surface area contributed by atoms with Crippen molar-refractivity contribution >= 4 is 51.6 Å². The molecule has 2 aromatic heterocycles. The number of carbonyl (C=O) groups excluding carboxylic acids is 3. The van der Waals surface area contributed by atoms with Crippen molar-refractivity contribution in [3.63, 3.8) is 0 Å². The number of aryl methyl sites for hydroxylation is 1. The highest BCUT2D eigenvalue weighted by molar-refractivity contribution is 6.50. The number of ether oxygens (including phenoxy) is 1. The van der Waals surface area contributed by atoms with E-state index in [4.69, 9.17) is 27.9 Å². The molecule has 12 heteroatoms. The molecule has 10 nitrogen and oxygen atoms in total. The fraction of sp³-hybridized carbons (Fsp3) is 0.556. The number of alkyl halides is 2. The van der Waals surface area contributed by atoms with Crippen LogP contribution in [-0.2, 0) is 29.8 Å². The van der Waals surface area contributed by atoms with Crippen molar-refractivity contribution in [3.8, 4) is 5.75 Å². The molecule has 1 amide bonds. The maximum absolute atomic E-state index is 13.6. The number of ketones is 2. The van der Waals surface area contributed by atoms with E-state index in [0.29, 0.717) is 47.7 Å². The van der Waals surface area contributed by atoms with E-state index in [0.717, 1.165) is 6.42 Å². The lowest BCUT2D eigenvalue weighted by molar-refractivity contribution is -0.139. The van der Waals surface area contributed by atoms with Crippen molar-refractivity contribution in [3.05, 3.63) is 36.0 Å². The fourth-order valence-electron chi connectivity index (χ4n) is 5.99. The van der Waals surface area contributed by atoms with Gasteiger partial charge in [-0.25, -0.2) is 4.98 Å². The SMILES string of the molecule is CC(=O)c1nn(CC(=O)N2[C@@H]3C[C@@H]3C[C@H]2C(=O)C[C@H](C)[C@H]2CC2(Cl)Cl)c2ccc(OCc3ncn(C)n3)cc12. The van der Waals surface area contributed by atoms with Crippen LogP contribution in [0, 0.1) is 17.8 Å². The van der Waals surface area contributed by atoms with E-state index < -0.39 is 10.4 Å². The summed E-state index contributed by atoms with van der Waals surface area (Å²) in [6.45, 7) is 3.57. The van der Waals surface area contributed by atoms with E-state index in [-0.39, 0.29) is 54.2 Å². The van der Waals surface area contributed by atoms with Crippen LogP contribution >= 0.6 is 23.2 Å². The van der Waals surface area contributed by atoms with Crippen molar-refractivity contribution in [2.75, 3.05) is 0 Å². The summed E-state index contributed by atoms with van der Waals surface area (Å²) < 4.78 is 8.24. The first-order valence-electron chi connectivity index (χ1n) is 13.2. The Kier molecular flexibility index (Phi) is 6.45. The molecule has 0 N–H and O–H groups in total. The molecule has 1 saturated heterocycles. The molecule has 0 unspecified atom stereocenters. The van der Waals surface area contributed by atoms with Gasteiger partial charge in [0.05, 0.1) is 11.6 Å². The summed E-state index contributed by atoms with van der Waals surface area (Å²) in [4.78, 5) is 45.2. The fourth-order valence-corrected chi connectivity index (χ4v) is 6.75. The Bertz CT molecular complexity index is 1480. The largest absolute Gasteiger partial charge is 0.486 e. The van der Waals surface area contributed by atoms with Crippen LogP contribution in [0.1, 0.15) is 55.8 Å². The van der Waals surface area contributed by atoms with Crippen LogP contribution in [0.3, 0.4) is 0 Å². The van der Waals surface area contributed by atoms with Crippen LogP contribution in [0.2, 0.25) is 0 Å². The molecule has 0 spiro atoms. The van der Waals surface area contributed by atoms with Gasteiger partial charge in [-0.2, -0.15) is 10.2 Å². The van der Waals surface area contributed by atoms with Gasteiger partial charge in [-0.3, -0.25) is 23.7 Å². The van der Waals surface area contributed by atoms with Gasteiger partial charge in [0.25, 0.3) is 0 Å². The molecule has 3 aliphatic rings. The Balaban J connectivity index is 1.18. The Hall–Kier alpha value is -2.98. The molecule has 2 aliphatic carbocycles. The van der Waals surface area contributed by atoms with Gasteiger partial charge < -0.3 is 9.64 Å². The van der Waals surface area contributed by atoms with Crippen molar-refractivity contribution < 1.29 is 19.1 Å². The monoisotopic (exact) mass is 572 g/mol. The van der Waals surface area contributed by atoms with E-state index in [2.05, 4.69) is 15.2 Å². The number of benzene rings is 1. The van der Waals surface area contributed by atoms with E-state index in [1.807, 2.05) is 6.92 Å². The highest BCUT2D eigenvalue weighted by Crippen LogP contribution is 2.58. The lowest BCUT2D eigenvalue weighted by atomic mass is 9.94. The average molecular weight is 573 g/mol. The summed E-state index contributed by atoms with van der Waals surface area (Å²) in [6, 6.07) is 4.96. The molecular formula is C27H30Cl2N6O4. The van der Waals surface area contributed by atoms with E-state index in [1.165, 1.54) is 6.92 Å². The molecule has 5 atom stereocenters. The summed E-state index contributed by atoms with van der Waals surface area (Å²) in [5.74, 6) is 1.32. The first-order valence-corrected chi connectivity index (χ1v) is 14.0. The number of halogens is 2. The van der Waals surface area contributed by atoms with Gasteiger partial charge in [0.1, 0.15) is 35.3 Å². The third-order valence-electron chi connectivity index (χ3n) is 8.20. The van der Waals surface area contributed by atoms with E-state index in [1.54, 1.807) is 45.8 Å². The number of aromatic nitrogens is 5. The zero-order chi connectivity index (χ0) is 27.6. The van der Waals surface area contributed by atoms with Gasteiger partial charge in [0, 0.05) is 31.8 Å². The van der Waals surface area contributed by atoms with Gasteiger partial charge in [0.15, 0.2) is 17.4 Å². The van der Waals surface area contributed by atoms with E-state index >= 15 is 0 Å². The van der Waals surface area contributed by atoms with Crippen LogP contribution in [0.4, 0.5) is 0 Å². The average Bonchev–Trinajstić information content (AvgIpc) is 3.57. The molecule has 3 heterocycles. The molecular weight excluding hydrogens is 543 g/mol. The second-order valence-corrected chi connectivity index (χ2v) is 12.7. The van der Waals surface area contributed by atoms with Gasteiger partial charge in [0.2, 0.25) is 5.91 Å². The van der Waals surface area contributed by atoms with Gasteiger partial charge in [-0.1, -0.05) is 6.92 Å². The number of Topliss-reactive ketones (excluding diaryl/α,β-unsaturated/α-hetero) is 2. The number of hydrogen-bond donors (Lipinski definition) is 0. The van der Waals surface area contributed by atoms with Crippen LogP contribution in [0.15, 0.2) is 24.5 Å². The minimum atomic E-state index is -0.733. The maximum Gasteiger partial charge on any atom is 0.245 e.